The number of aliphatic carboxylic acids is 2. The average Bonchev–Trinajstić information content (AvgIpc) is 2.01. The average molecular weight is 170 g/mol. The van der Waals surface area contributed by atoms with Gasteiger partial charge in [0.15, 0.2) is 12.1 Å². The van der Waals surface area contributed by atoms with Crippen LogP contribution in [0.5, 0.6) is 0 Å². The molecule has 0 rings (SSSR count). The molecular weight excluding hydrogens is 164 g/mol. The molecule has 12 heavy (non-hydrogen) atoms. The minimum atomic E-state index is -1.08. The van der Waals surface area contributed by atoms with Crippen molar-refractivity contribution in [1.82, 2.24) is 0 Å². The van der Waals surface area contributed by atoms with Gasteiger partial charge < -0.3 is 10.2 Å². The highest BCUT2D eigenvalue weighted by Gasteiger charge is 2.00. The van der Waals surface area contributed by atoms with Gasteiger partial charge in [0.25, 0.3) is 0 Å². The van der Waals surface area contributed by atoms with Crippen LogP contribution in [-0.4, -0.2) is 22.2 Å². The molecule has 0 radical (unpaired) electrons. The summed E-state index contributed by atoms with van der Waals surface area (Å²) in [6.45, 7) is 0. The third-order valence-electron chi connectivity index (χ3n) is 0.603. The molecule has 0 bridgehead atoms. The van der Waals surface area contributed by atoms with Gasteiger partial charge in [0.1, 0.15) is 0 Å². The van der Waals surface area contributed by atoms with Crippen molar-refractivity contribution in [3.63, 3.8) is 0 Å². The lowest BCUT2D eigenvalue weighted by Crippen LogP contribution is -2.00. The Hall–Kier alpha value is -2.08. The van der Waals surface area contributed by atoms with Gasteiger partial charge >= 0.3 is 11.9 Å². The van der Waals surface area contributed by atoms with E-state index in [2.05, 4.69) is 0 Å². The lowest BCUT2D eigenvalue weighted by molar-refractivity contribution is -0.143. The molecule has 0 aliphatic carbocycles. The molecule has 0 unspecified atom stereocenters. The van der Waals surface area contributed by atoms with E-state index in [1.54, 1.807) is 0 Å². The van der Waals surface area contributed by atoms with Crippen molar-refractivity contribution in [2.45, 2.75) is 12.8 Å². The third kappa shape index (κ3) is 24.7. The molecule has 0 aromatic rings. The van der Waals surface area contributed by atoms with Crippen LogP contribution in [-0.2, 0) is 9.59 Å². The van der Waals surface area contributed by atoms with Crippen LogP contribution in [0.15, 0.2) is 0 Å². The van der Waals surface area contributed by atoms with E-state index >= 15 is 0 Å². The Kier molecular flexibility index (Phi) is 9.35. The molecule has 0 spiro atoms. The second-order valence-electron chi connectivity index (χ2n) is 1.51. The predicted molar refractivity (Wildman–Crippen MR) is 35.7 cm³/mol. The number of nitrogens with zero attached hydrogens (tertiary/aromatic N) is 2. The minimum Gasteiger partial charge on any atom is -0.481 e. The Labute approximate surface area is 68.3 Å². The van der Waals surface area contributed by atoms with E-state index in [4.69, 9.17) is 20.7 Å². The van der Waals surface area contributed by atoms with Gasteiger partial charge in [-0.1, -0.05) is 0 Å². The Balaban J connectivity index is 0. The second kappa shape index (κ2) is 8.92. The molecule has 0 saturated heterocycles. The van der Waals surface area contributed by atoms with Crippen LogP contribution in [0.1, 0.15) is 12.8 Å². The van der Waals surface area contributed by atoms with Crippen LogP contribution in [0.4, 0.5) is 0 Å². The van der Waals surface area contributed by atoms with Gasteiger partial charge in [-0.3, -0.25) is 9.59 Å². The maximum Gasteiger partial charge on any atom is 0.303 e. The summed E-state index contributed by atoms with van der Waals surface area (Å²) >= 11 is 0. The van der Waals surface area contributed by atoms with E-state index in [9.17, 15) is 9.59 Å². The molecule has 6 heteroatoms. The Morgan fingerprint density at radius 2 is 1.25 bits per heavy atom. The second-order valence-corrected chi connectivity index (χ2v) is 1.51. The number of hydrogen-bond donors (Lipinski definition) is 2. The van der Waals surface area contributed by atoms with Crippen molar-refractivity contribution in [3.8, 4) is 12.1 Å². The van der Waals surface area contributed by atoms with Crippen LogP contribution in [0.25, 0.3) is 0 Å². The third-order valence-corrected chi connectivity index (χ3v) is 0.603. The summed E-state index contributed by atoms with van der Waals surface area (Å²) in [5.74, 6) is -2.15. The maximum atomic E-state index is 9.64. The zero-order valence-corrected chi connectivity index (χ0v) is 6.02. The molecule has 2 N–H and O–H groups in total. The van der Waals surface area contributed by atoms with Crippen LogP contribution in [0, 0.1) is 22.7 Å². The lowest BCUT2D eigenvalue weighted by atomic mass is 10.3. The maximum absolute atomic E-state index is 9.64. The Morgan fingerprint density at radius 1 is 1.00 bits per heavy atom. The number of carbonyl (C=O) groups is 2. The van der Waals surface area contributed by atoms with Crippen molar-refractivity contribution >= 4 is 11.9 Å². The fourth-order valence-electron chi connectivity index (χ4n) is 0.214. The summed E-state index contributed by atoms with van der Waals surface area (Å²) in [6.07, 6.45) is -0.593. The number of nitriles is 2. The first-order chi connectivity index (χ1) is 5.54. The molecule has 0 aliphatic heterocycles. The fourth-order valence-corrected chi connectivity index (χ4v) is 0.214. The highest BCUT2D eigenvalue weighted by atomic mass is 16.4. The van der Waals surface area contributed by atoms with Crippen molar-refractivity contribution in [3.05, 3.63) is 0 Å². The highest BCUT2D eigenvalue weighted by molar-refractivity contribution is 5.75. The van der Waals surface area contributed by atoms with Gasteiger partial charge in [-0.15, -0.1) is 0 Å². The standard InChI is InChI=1S/C4H6O4.C2N2/c5-3(6)1-2-4(7)8;3-1-2-4/h1-2H2,(H,5,6)(H,7,8);. The van der Waals surface area contributed by atoms with Crippen molar-refractivity contribution < 1.29 is 19.8 Å². The molecule has 0 atom stereocenters. The van der Waals surface area contributed by atoms with Crippen LogP contribution in [0.2, 0.25) is 0 Å². The first-order valence-electron chi connectivity index (χ1n) is 2.76. The summed E-state index contributed by atoms with van der Waals surface area (Å²) in [5.41, 5.74) is 0. The quantitative estimate of drug-likeness (QED) is 0.613. The Bertz CT molecular complexity index is 209. The molecule has 0 aromatic carbocycles. The number of hydrogen-bond acceptors (Lipinski definition) is 4. The predicted octanol–water partition coefficient (Wildman–Crippen LogP) is -0.0306. The van der Waals surface area contributed by atoms with Crippen molar-refractivity contribution in [2.75, 3.05) is 0 Å². The van der Waals surface area contributed by atoms with E-state index in [0.29, 0.717) is 0 Å². The highest BCUT2D eigenvalue weighted by Crippen LogP contribution is 1.85. The summed E-state index contributed by atoms with van der Waals surface area (Å²) in [7, 11) is 0. The molecule has 0 aliphatic rings. The summed E-state index contributed by atoms with van der Waals surface area (Å²) < 4.78 is 0. The van der Waals surface area contributed by atoms with Crippen LogP contribution < -0.4 is 0 Å². The molecule has 0 amide bonds. The van der Waals surface area contributed by atoms with Crippen molar-refractivity contribution in [1.29, 1.82) is 10.5 Å². The minimum absolute atomic E-state index is 0.296. The topological polar surface area (TPSA) is 122 Å². The first kappa shape index (κ1) is 12.6. The van der Waals surface area contributed by atoms with Gasteiger partial charge in [0.2, 0.25) is 0 Å². The number of carboxylic acid groups (broad SMARTS) is 2. The molecule has 0 aromatic heterocycles. The monoisotopic (exact) mass is 170 g/mol. The largest absolute Gasteiger partial charge is 0.481 e. The number of carboxylic acids is 2. The van der Waals surface area contributed by atoms with Gasteiger partial charge in [0, 0.05) is 0 Å². The summed E-state index contributed by atoms with van der Waals surface area (Å²) in [5, 5.41) is 30.3. The van der Waals surface area contributed by atoms with Crippen LogP contribution >= 0.6 is 0 Å². The van der Waals surface area contributed by atoms with Crippen molar-refractivity contribution in [2.24, 2.45) is 0 Å². The summed E-state index contributed by atoms with van der Waals surface area (Å²) in [6, 6.07) is 2.47. The summed E-state index contributed by atoms with van der Waals surface area (Å²) in [4.78, 5) is 19.3. The number of rotatable bonds is 3. The van der Waals surface area contributed by atoms with Gasteiger partial charge in [-0.25, -0.2) is 0 Å². The molecule has 0 fully saturated rings. The molecular formula is C6H6N2O4. The van der Waals surface area contributed by atoms with Crippen LogP contribution in [0.3, 0.4) is 0 Å². The smallest absolute Gasteiger partial charge is 0.303 e. The normalized spacial score (nSPS) is 6.50. The van der Waals surface area contributed by atoms with E-state index in [0.717, 1.165) is 0 Å². The van der Waals surface area contributed by atoms with E-state index in [1.807, 2.05) is 0 Å². The van der Waals surface area contributed by atoms with E-state index in [-0.39, 0.29) is 12.8 Å². The van der Waals surface area contributed by atoms with Gasteiger partial charge in [-0.05, 0) is 0 Å². The zero-order chi connectivity index (χ0) is 9.98. The fraction of sp³-hybridized carbons (Fsp3) is 0.333. The van der Waals surface area contributed by atoms with E-state index < -0.39 is 11.9 Å². The molecule has 0 heterocycles. The molecule has 64 valence electrons. The molecule has 0 saturated carbocycles. The van der Waals surface area contributed by atoms with Gasteiger partial charge in [-0.2, -0.15) is 10.5 Å². The first-order valence-corrected chi connectivity index (χ1v) is 2.76. The Morgan fingerprint density at radius 3 is 1.33 bits per heavy atom. The lowest BCUT2D eigenvalue weighted by Gasteiger charge is -1.85. The SMILES string of the molecule is N#CC#N.O=C(O)CCC(=O)O. The van der Waals surface area contributed by atoms with Gasteiger partial charge in [0.05, 0.1) is 12.8 Å². The molecule has 6 nitrogen and oxygen atoms in total. The van der Waals surface area contributed by atoms with E-state index in [1.165, 1.54) is 12.1 Å². The zero-order valence-electron chi connectivity index (χ0n) is 6.02.